The predicted octanol–water partition coefficient (Wildman–Crippen LogP) is 2.40. The van der Waals surface area contributed by atoms with Crippen molar-refractivity contribution in [1.29, 1.82) is 0 Å². The number of rotatable bonds is 2. The number of fused-ring (bicyclic) bond motifs is 3. The number of hydrogen-bond donors (Lipinski definition) is 2. The molecule has 2 aromatic heterocycles. The normalized spacial score (nSPS) is 12.0. The van der Waals surface area contributed by atoms with Gasteiger partial charge in [-0.25, -0.2) is 9.97 Å². The first-order chi connectivity index (χ1) is 9.81. The van der Waals surface area contributed by atoms with Crippen LogP contribution in [0.5, 0.6) is 0 Å². The second-order valence-corrected chi connectivity index (χ2v) is 4.17. The molecule has 6 nitrogen and oxygen atoms in total. The van der Waals surface area contributed by atoms with Crippen LogP contribution in [-0.4, -0.2) is 32.8 Å². The lowest BCUT2D eigenvalue weighted by atomic mass is 10.1. The number of pyridine rings is 2. The molecule has 0 saturated heterocycles. The Morgan fingerprint density at radius 1 is 0.700 bits per heavy atom. The third-order valence-electron chi connectivity index (χ3n) is 2.94. The topological polar surface area (TPSA) is 91.0 Å². The van der Waals surface area contributed by atoms with Gasteiger partial charge in [-0.1, -0.05) is 34.6 Å². The van der Waals surface area contributed by atoms with Gasteiger partial charge in [-0.05, 0) is 12.1 Å². The fraction of sp³-hybridized carbons (Fsp3) is 0. The van der Waals surface area contributed by atoms with Gasteiger partial charge < -0.3 is 10.4 Å². The molecule has 0 aliphatic heterocycles. The van der Waals surface area contributed by atoms with Gasteiger partial charge in [0.25, 0.3) is 0 Å². The molecule has 98 valence electrons. The van der Waals surface area contributed by atoms with Crippen molar-refractivity contribution in [2.24, 2.45) is 10.3 Å². The van der Waals surface area contributed by atoms with Crippen molar-refractivity contribution in [2.75, 3.05) is 0 Å². The molecule has 0 amide bonds. The molecule has 0 bridgehead atoms. The van der Waals surface area contributed by atoms with Crippen molar-refractivity contribution in [2.45, 2.75) is 0 Å². The van der Waals surface area contributed by atoms with Gasteiger partial charge in [0, 0.05) is 10.8 Å². The lowest BCUT2D eigenvalue weighted by molar-refractivity contribution is 0.321. The summed E-state index contributed by atoms with van der Waals surface area (Å²) in [6.07, 6.45) is 2.52. The van der Waals surface area contributed by atoms with Crippen LogP contribution < -0.4 is 0 Å². The Balaban J connectivity index is 2.35. The van der Waals surface area contributed by atoms with E-state index < -0.39 is 0 Å². The van der Waals surface area contributed by atoms with Crippen LogP contribution >= 0.6 is 0 Å². The molecule has 0 spiro atoms. The summed E-state index contributed by atoms with van der Waals surface area (Å²) in [5.41, 5.74) is 2.48. The Hall–Kier alpha value is -3.02. The molecular formula is C14H10N4O2. The number of oxime groups is 2. The van der Waals surface area contributed by atoms with Crippen LogP contribution in [0.2, 0.25) is 0 Å². The van der Waals surface area contributed by atoms with Gasteiger partial charge >= 0.3 is 0 Å². The zero-order chi connectivity index (χ0) is 13.9. The average Bonchev–Trinajstić information content (AvgIpc) is 2.48. The summed E-state index contributed by atoms with van der Waals surface area (Å²) < 4.78 is 0. The Labute approximate surface area is 113 Å². The molecule has 0 atom stereocenters. The lowest BCUT2D eigenvalue weighted by Crippen LogP contribution is -1.93. The van der Waals surface area contributed by atoms with Crippen molar-refractivity contribution < 1.29 is 10.4 Å². The highest BCUT2D eigenvalue weighted by Crippen LogP contribution is 2.22. The van der Waals surface area contributed by atoms with Crippen molar-refractivity contribution in [3.8, 4) is 0 Å². The van der Waals surface area contributed by atoms with E-state index in [1.54, 1.807) is 12.1 Å². The van der Waals surface area contributed by atoms with E-state index in [1.165, 1.54) is 12.4 Å². The predicted molar refractivity (Wildman–Crippen MR) is 75.8 cm³/mol. The average molecular weight is 266 g/mol. The van der Waals surface area contributed by atoms with E-state index in [2.05, 4.69) is 20.3 Å². The Morgan fingerprint density at radius 2 is 1.10 bits per heavy atom. The van der Waals surface area contributed by atoms with Crippen molar-refractivity contribution >= 4 is 34.2 Å². The van der Waals surface area contributed by atoms with Gasteiger partial charge in [-0.15, -0.1) is 0 Å². The van der Waals surface area contributed by atoms with E-state index in [-0.39, 0.29) is 0 Å². The van der Waals surface area contributed by atoms with Crippen LogP contribution in [0.1, 0.15) is 11.4 Å². The van der Waals surface area contributed by atoms with Gasteiger partial charge in [0.05, 0.1) is 34.9 Å². The van der Waals surface area contributed by atoms with E-state index in [4.69, 9.17) is 10.4 Å². The third-order valence-corrected chi connectivity index (χ3v) is 2.94. The molecule has 1 aromatic carbocycles. The third kappa shape index (κ3) is 2.03. The molecule has 6 heteroatoms. The van der Waals surface area contributed by atoms with Crippen LogP contribution in [0.25, 0.3) is 21.8 Å². The van der Waals surface area contributed by atoms with Gasteiger partial charge in [0.2, 0.25) is 0 Å². The summed E-state index contributed by atoms with van der Waals surface area (Å²) in [5.74, 6) is 0. The minimum atomic E-state index is 0.538. The maximum absolute atomic E-state index is 8.59. The summed E-state index contributed by atoms with van der Waals surface area (Å²) in [5, 5.41) is 25.0. The maximum Gasteiger partial charge on any atom is 0.0972 e. The van der Waals surface area contributed by atoms with Crippen LogP contribution in [0.15, 0.2) is 46.7 Å². The zero-order valence-electron chi connectivity index (χ0n) is 10.3. The molecule has 20 heavy (non-hydrogen) atoms. The first kappa shape index (κ1) is 12.0. The quantitative estimate of drug-likeness (QED) is 0.322. The first-order valence-electron chi connectivity index (χ1n) is 5.87. The molecule has 3 rings (SSSR count). The highest BCUT2D eigenvalue weighted by Gasteiger charge is 2.05. The van der Waals surface area contributed by atoms with E-state index in [0.29, 0.717) is 22.4 Å². The summed E-state index contributed by atoms with van der Waals surface area (Å²) >= 11 is 0. The molecular weight excluding hydrogens is 256 g/mol. The van der Waals surface area contributed by atoms with Gasteiger partial charge in [-0.2, -0.15) is 0 Å². The van der Waals surface area contributed by atoms with Crippen LogP contribution in [0.3, 0.4) is 0 Å². The largest absolute Gasteiger partial charge is 0.411 e. The van der Waals surface area contributed by atoms with E-state index in [9.17, 15) is 0 Å². The molecule has 0 saturated carbocycles. The standard InChI is InChI=1S/C14H10N4O2/c19-15-7-11-5-3-9-1-2-10-4-6-12(8-16-20)18-14(10)13(9)17-11/h1-8,19-20H/b15-7+,16-8+. The Morgan fingerprint density at radius 3 is 1.50 bits per heavy atom. The lowest BCUT2D eigenvalue weighted by Gasteiger charge is -2.04. The Kier molecular flexibility index (Phi) is 2.96. The number of nitrogens with zero attached hydrogens (tertiary/aromatic N) is 4. The minimum absolute atomic E-state index is 0.538. The summed E-state index contributed by atoms with van der Waals surface area (Å²) in [7, 11) is 0. The summed E-state index contributed by atoms with van der Waals surface area (Å²) in [6.45, 7) is 0. The summed E-state index contributed by atoms with van der Waals surface area (Å²) in [6, 6.07) is 11.2. The van der Waals surface area contributed by atoms with E-state index >= 15 is 0 Å². The second-order valence-electron chi connectivity index (χ2n) is 4.17. The maximum atomic E-state index is 8.59. The van der Waals surface area contributed by atoms with Gasteiger partial charge in [0.1, 0.15) is 0 Å². The molecule has 3 aromatic rings. The fourth-order valence-corrected chi connectivity index (χ4v) is 2.06. The fourth-order valence-electron chi connectivity index (χ4n) is 2.06. The molecule has 0 fully saturated rings. The minimum Gasteiger partial charge on any atom is -0.411 e. The van der Waals surface area contributed by atoms with Gasteiger partial charge in [-0.3, -0.25) is 0 Å². The zero-order valence-corrected chi connectivity index (χ0v) is 10.3. The molecule has 2 N–H and O–H groups in total. The summed E-state index contributed by atoms with van der Waals surface area (Å²) in [4.78, 5) is 8.83. The van der Waals surface area contributed by atoms with Gasteiger partial charge in [0.15, 0.2) is 0 Å². The molecule has 0 radical (unpaired) electrons. The first-order valence-corrected chi connectivity index (χ1v) is 5.87. The highest BCUT2D eigenvalue weighted by atomic mass is 16.4. The SMILES string of the molecule is O/N=C/c1ccc2ccc3ccc(/C=N/O)nc3c2n1. The Bertz CT molecular complexity index is 772. The molecule has 2 heterocycles. The van der Waals surface area contributed by atoms with E-state index in [0.717, 1.165) is 10.8 Å². The number of benzene rings is 1. The van der Waals surface area contributed by atoms with Crippen molar-refractivity contribution in [3.05, 3.63) is 47.8 Å². The smallest absolute Gasteiger partial charge is 0.0972 e. The molecule has 0 aliphatic rings. The van der Waals surface area contributed by atoms with Crippen molar-refractivity contribution in [3.63, 3.8) is 0 Å². The monoisotopic (exact) mass is 266 g/mol. The molecule has 0 aliphatic carbocycles. The van der Waals surface area contributed by atoms with Crippen LogP contribution in [0, 0.1) is 0 Å². The number of aromatic nitrogens is 2. The van der Waals surface area contributed by atoms with Crippen LogP contribution in [0.4, 0.5) is 0 Å². The van der Waals surface area contributed by atoms with Crippen LogP contribution in [-0.2, 0) is 0 Å². The molecule has 0 unspecified atom stereocenters. The van der Waals surface area contributed by atoms with Crippen molar-refractivity contribution in [1.82, 2.24) is 9.97 Å². The van der Waals surface area contributed by atoms with E-state index in [1.807, 2.05) is 24.3 Å². The highest BCUT2D eigenvalue weighted by molar-refractivity contribution is 6.04. The second kappa shape index (κ2) is 4.93. The number of hydrogen-bond acceptors (Lipinski definition) is 6.